The van der Waals surface area contributed by atoms with Gasteiger partial charge < -0.3 is 45.2 Å². The molecule has 2 aliphatic heterocycles. The average molecular weight is 907 g/mol. The molecule has 65 heavy (non-hydrogen) atoms. The molecule has 0 spiro atoms. The number of amides is 5. The van der Waals surface area contributed by atoms with Gasteiger partial charge in [-0.25, -0.2) is 14.8 Å². The van der Waals surface area contributed by atoms with Crippen molar-refractivity contribution in [3.05, 3.63) is 95.4 Å². The lowest BCUT2D eigenvalue weighted by molar-refractivity contribution is -0.144. The van der Waals surface area contributed by atoms with Gasteiger partial charge in [0.05, 0.1) is 52.4 Å². The maximum Gasteiger partial charge on any atom is 0.410 e. The minimum absolute atomic E-state index is 0.0439. The molecule has 5 N–H and O–H groups in total. The first-order valence-corrected chi connectivity index (χ1v) is 22.2. The number of H-pyrrole nitrogens is 1. The lowest BCUT2D eigenvalue weighted by atomic mass is 9.85. The van der Waals surface area contributed by atoms with Crippen molar-refractivity contribution in [1.82, 2.24) is 40.6 Å². The van der Waals surface area contributed by atoms with Crippen LogP contribution >= 0.6 is 11.3 Å². The van der Waals surface area contributed by atoms with Gasteiger partial charge in [0, 0.05) is 57.1 Å². The van der Waals surface area contributed by atoms with E-state index in [0.717, 1.165) is 27.4 Å². The Morgan fingerprint density at radius 3 is 2.40 bits per heavy atom. The number of aliphatic hydroxyl groups is 1. The van der Waals surface area contributed by atoms with Gasteiger partial charge in [-0.3, -0.25) is 24.3 Å². The smallest absolute Gasteiger partial charge is 0.410 e. The molecule has 0 unspecified atom stereocenters. The second-order valence-corrected chi connectivity index (χ2v) is 18.0. The first-order valence-electron chi connectivity index (χ1n) is 21.3. The number of benzene rings is 2. The number of rotatable bonds is 13. The number of methoxy groups -OCH3 is 1. The van der Waals surface area contributed by atoms with Crippen LogP contribution in [0.3, 0.4) is 0 Å². The molecule has 4 atom stereocenters. The summed E-state index contributed by atoms with van der Waals surface area (Å²) in [6.45, 7) is 9.96. The van der Waals surface area contributed by atoms with Crippen LogP contribution in [-0.2, 0) is 19.1 Å². The number of anilines is 2. The number of aryl methyl sites for hydroxylation is 1. The molecule has 5 aromatic rings. The summed E-state index contributed by atoms with van der Waals surface area (Å²) in [5, 5.41) is 26.0. The van der Waals surface area contributed by atoms with Crippen molar-refractivity contribution in [2.45, 2.75) is 65.3 Å². The number of carbonyl (C=O) groups is 5. The average Bonchev–Trinajstić information content (AvgIpc) is 4.09. The van der Waals surface area contributed by atoms with Crippen LogP contribution in [0.25, 0.3) is 21.8 Å². The third-order valence-corrected chi connectivity index (χ3v) is 12.5. The monoisotopic (exact) mass is 906 g/mol. The number of ether oxygens (including phenoxy) is 2. The van der Waals surface area contributed by atoms with E-state index in [4.69, 9.17) is 9.47 Å². The highest BCUT2D eigenvalue weighted by atomic mass is 32.1. The fourth-order valence-corrected chi connectivity index (χ4v) is 8.67. The molecule has 0 bridgehead atoms. The van der Waals surface area contributed by atoms with Gasteiger partial charge in [0.2, 0.25) is 11.8 Å². The lowest BCUT2D eigenvalue weighted by Crippen LogP contribution is -2.58. The van der Waals surface area contributed by atoms with Crippen molar-refractivity contribution in [3.63, 3.8) is 0 Å². The topological polar surface area (TPSA) is 224 Å². The quantitative estimate of drug-likeness (QED) is 0.108. The predicted molar refractivity (Wildman–Crippen MR) is 244 cm³/mol. The fraction of sp³-hybridized carbons (Fsp3) is 0.391. The largest absolute Gasteiger partial charge is 0.494 e. The zero-order valence-corrected chi connectivity index (χ0v) is 38.0. The molecule has 342 valence electrons. The standard InChI is InChI=1S/C46H54N10O8S/c1-27(29-10-12-30(13-11-29)40-28(2)47-26-65-40)49-43(60)37-23-32(57)24-56(37)44(61)41(46(3,4)5)52-39(58)25-64-45(62)55-20-18-54(19-21-55)31-14-15-35(38(22-31)63-6)51-42(59)36-9-7-8-33(50-36)34-16-17-48-53-34/h7-17,22,26-27,32,37,41,57H,18-21,23-25H2,1-6H3,(H,48,53)(H,49,60)(H,51,59)(H,52,58)/t27-,32+,37-,41+/m0/s1. The predicted octanol–water partition coefficient (Wildman–Crippen LogP) is 4.79. The van der Waals surface area contributed by atoms with Crippen LogP contribution in [0.2, 0.25) is 0 Å². The minimum atomic E-state index is -1.09. The second kappa shape index (κ2) is 19.9. The van der Waals surface area contributed by atoms with E-state index in [2.05, 4.69) is 41.0 Å². The molecule has 2 aromatic carbocycles. The van der Waals surface area contributed by atoms with Crippen molar-refractivity contribution >= 4 is 52.4 Å². The zero-order valence-electron chi connectivity index (χ0n) is 37.2. The number of likely N-dealkylation sites (tertiary alicyclic amines) is 1. The van der Waals surface area contributed by atoms with Crippen molar-refractivity contribution < 1.29 is 38.6 Å². The molecule has 3 aromatic heterocycles. The molecule has 2 fully saturated rings. The van der Waals surface area contributed by atoms with Gasteiger partial charge in [0.1, 0.15) is 23.5 Å². The lowest BCUT2D eigenvalue weighted by Gasteiger charge is -2.36. The van der Waals surface area contributed by atoms with Gasteiger partial charge in [-0.05, 0) is 60.7 Å². The van der Waals surface area contributed by atoms with Gasteiger partial charge in [0.15, 0.2) is 6.61 Å². The third kappa shape index (κ3) is 10.9. The fourth-order valence-electron chi connectivity index (χ4n) is 7.86. The second-order valence-electron chi connectivity index (χ2n) is 17.1. The Hall–Kier alpha value is -6.86. The number of carbonyl (C=O) groups excluding carboxylic acids is 5. The summed E-state index contributed by atoms with van der Waals surface area (Å²) in [6, 6.07) is 17.7. The molecular formula is C46H54N10O8S. The molecule has 18 nitrogen and oxygen atoms in total. The number of aromatic amines is 1. The SMILES string of the molecule is COc1cc(N2CCN(C(=O)OCC(=O)N[C@H](C(=O)N3C[C@H](O)C[C@H]3C(=O)N[C@@H](C)c3ccc(-c4scnc4C)cc3)C(C)(C)C)CC2)ccc1NC(=O)c1cccc(-c2ccn[nH]2)n1. The first-order chi connectivity index (χ1) is 31.1. The van der Waals surface area contributed by atoms with Crippen LogP contribution in [0.4, 0.5) is 16.2 Å². The Bertz CT molecular complexity index is 2500. The Kier molecular flexibility index (Phi) is 14.1. The number of aliphatic hydroxyl groups excluding tert-OH is 1. The van der Waals surface area contributed by atoms with Gasteiger partial charge in [0.25, 0.3) is 11.8 Å². The van der Waals surface area contributed by atoms with Crippen molar-refractivity contribution in [1.29, 1.82) is 0 Å². The molecule has 0 saturated carbocycles. The van der Waals surface area contributed by atoms with Gasteiger partial charge >= 0.3 is 6.09 Å². The molecule has 5 heterocycles. The Morgan fingerprint density at radius 2 is 1.74 bits per heavy atom. The normalized spacial score (nSPS) is 17.2. The molecule has 0 aliphatic carbocycles. The van der Waals surface area contributed by atoms with Crippen molar-refractivity contribution in [2.75, 3.05) is 56.7 Å². The van der Waals surface area contributed by atoms with Crippen LogP contribution in [0, 0.1) is 12.3 Å². The zero-order chi connectivity index (χ0) is 46.4. The molecule has 0 radical (unpaired) electrons. The summed E-state index contributed by atoms with van der Waals surface area (Å²) < 4.78 is 11.0. The van der Waals surface area contributed by atoms with Crippen LogP contribution in [0.5, 0.6) is 5.75 Å². The van der Waals surface area contributed by atoms with Gasteiger partial charge in [-0.2, -0.15) is 5.10 Å². The summed E-state index contributed by atoms with van der Waals surface area (Å²) >= 11 is 1.56. The molecule has 2 saturated heterocycles. The summed E-state index contributed by atoms with van der Waals surface area (Å²) in [5.41, 5.74) is 6.60. The number of nitrogens with one attached hydrogen (secondary N) is 4. The van der Waals surface area contributed by atoms with Crippen LogP contribution in [0.1, 0.15) is 61.9 Å². The molecule has 19 heteroatoms. The number of aromatic nitrogens is 4. The van der Waals surface area contributed by atoms with E-state index in [1.807, 2.05) is 44.2 Å². The Balaban J connectivity index is 0.892. The maximum absolute atomic E-state index is 14.1. The van der Waals surface area contributed by atoms with E-state index in [1.165, 1.54) is 16.9 Å². The van der Waals surface area contributed by atoms with E-state index in [-0.39, 0.29) is 24.7 Å². The number of nitrogens with zero attached hydrogens (tertiary/aromatic N) is 6. The number of β-amino-alcohol motifs (C(OH)–C–C–N with tert-alkyl or cyclic N) is 1. The summed E-state index contributed by atoms with van der Waals surface area (Å²) in [6.07, 6.45) is 0.0409. The van der Waals surface area contributed by atoms with E-state index in [9.17, 15) is 29.1 Å². The van der Waals surface area contributed by atoms with E-state index in [0.29, 0.717) is 49.0 Å². The number of hydrogen-bond acceptors (Lipinski definition) is 13. The molecular weight excluding hydrogens is 853 g/mol. The Labute approximate surface area is 380 Å². The minimum Gasteiger partial charge on any atom is -0.494 e. The number of hydrogen-bond donors (Lipinski definition) is 5. The van der Waals surface area contributed by atoms with E-state index >= 15 is 0 Å². The van der Waals surface area contributed by atoms with Gasteiger partial charge in [-0.1, -0.05) is 51.1 Å². The van der Waals surface area contributed by atoms with E-state index < -0.39 is 59.9 Å². The van der Waals surface area contributed by atoms with Crippen molar-refractivity contribution in [3.8, 4) is 27.6 Å². The summed E-state index contributed by atoms with van der Waals surface area (Å²) in [4.78, 5) is 82.1. The maximum atomic E-state index is 14.1. The summed E-state index contributed by atoms with van der Waals surface area (Å²) in [5.74, 6) is -1.60. The van der Waals surface area contributed by atoms with Crippen LogP contribution in [-0.4, -0.2) is 129 Å². The highest BCUT2D eigenvalue weighted by Gasteiger charge is 2.45. The van der Waals surface area contributed by atoms with Crippen molar-refractivity contribution in [2.24, 2.45) is 5.41 Å². The first kappa shape index (κ1) is 46.1. The molecule has 2 aliphatic rings. The number of pyridine rings is 1. The number of piperazine rings is 1. The summed E-state index contributed by atoms with van der Waals surface area (Å²) in [7, 11) is 1.51. The van der Waals surface area contributed by atoms with Gasteiger partial charge in [-0.15, -0.1) is 11.3 Å². The Morgan fingerprint density at radius 1 is 0.985 bits per heavy atom. The highest BCUT2D eigenvalue weighted by Crippen LogP contribution is 2.32. The number of thiazole rings is 1. The van der Waals surface area contributed by atoms with Crippen LogP contribution < -0.4 is 25.6 Å². The molecule has 7 rings (SSSR count). The molecule has 5 amide bonds. The third-order valence-electron chi connectivity index (χ3n) is 11.5. The van der Waals surface area contributed by atoms with E-state index in [1.54, 1.807) is 80.2 Å². The highest BCUT2D eigenvalue weighted by molar-refractivity contribution is 7.13. The van der Waals surface area contributed by atoms with Crippen LogP contribution in [0.15, 0.2) is 78.4 Å².